The van der Waals surface area contributed by atoms with Gasteiger partial charge in [0, 0.05) is 32.0 Å². The van der Waals surface area contributed by atoms with E-state index in [4.69, 9.17) is 10.5 Å². The third-order valence-corrected chi connectivity index (χ3v) is 5.44. The van der Waals surface area contributed by atoms with Gasteiger partial charge in [-0.1, -0.05) is 6.92 Å². The van der Waals surface area contributed by atoms with E-state index in [1.807, 2.05) is 31.2 Å². The second-order valence-electron chi connectivity index (χ2n) is 7.62. The molecule has 1 saturated carbocycles. The molecule has 29 heavy (non-hydrogen) atoms. The average Bonchev–Trinajstić information content (AvgIpc) is 3.55. The predicted molar refractivity (Wildman–Crippen MR) is 111 cm³/mol. The molecule has 8 nitrogen and oxygen atoms in total. The molecule has 1 atom stereocenters. The molecule has 8 heteroatoms. The van der Waals surface area contributed by atoms with E-state index in [2.05, 4.69) is 0 Å². The molecule has 0 aliphatic heterocycles. The lowest BCUT2D eigenvalue weighted by molar-refractivity contribution is -0.916. The minimum Gasteiger partial charge on any atom is -0.497 e. The first-order valence-corrected chi connectivity index (χ1v) is 9.97. The third kappa shape index (κ3) is 4.42. The number of rotatable bonds is 9. The van der Waals surface area contributed by atoms with E-state index < -0.39 is 11.2 Å². The number of nitrogen functional groups attached to an aromatic ring is 1. The van der Waals surface area contributed by atoms with Gasteiger partial charge in [-0.25, -0.2) is 4.79 Å². The maximum absolute atomic E-state index is 13.1. The third-order valence-electron chi connectivity index (χ3n) is 5.44. The first-order valence-electron chi connectivity index (χ1n) is 9.97. The van der Waals surface area contributed by atoms with Gasteiger partial charge >= 0.3 is 5.69 Å². The van der Waals surface area contributed by atoms with Gasteiger partial charge in [-0.2, -0.15) is 0 Å². The van der Waals surface area contributed by atoms with Crippen LogP contribution in [0.3, 0.4) is 0 Å². The van der Waals surface area contributed by atoms with Gasteiger partial charge in [-0.15, -0.1) is 0 Å². The van der Waals surface area contributed by atoms with Crippen LogP contribution in [0.15, 0.2) is 33.9 Å². The van der Waals surface area contributed by atoms with E-state index in [0.717, 1.165) is 33.6 Å². The van der Waals surface area contributed by atoms with Crippen LogP contribution in [0.4, 0.5) is 5.82 Å². The van der Waals surface area contributed by atoms with Gasteiger partial charge in [0.1, 0.15) is 30.2 Å². The van der Waals surface area contributed by atoms with Crippen molar-refractivity contribution in [2.45, 2.75) is 45.3 Å². The summed E-state index contributed by atoms with van der Waals surface area (Å²) in [6.07, 6.45) is 2.79. The van der Waals surface area contributed by atoms with E-state index in [0.29, 0.717) is 25.6 Å². The molecule has 1 aliphatic rings. The Morgan fingerprint density at radius 1 is 1.24 bits per heavy atom. The number of anilines is 1. The number of Topliss-reactive ketones (excluding diaryl/α,β-unsaturated/α-hetero) is 1. The molecule has 3 N–H and O–H groups in total. The molecule has 3 rings (SSSR count). The number of nitrogens with two attached hydrogens (primary N) is 1. The van der Waals surface area contributed by atoms with Crippen molar-refractivity contribution in [3.63, 3.8) is 0 Å². The van der Waals surface area contributed by atoms with Gasteiger partial charge in [0.25, 0.3) is 5.56 Å². The van der Waals surface area contributed by atoms with Gasteiger partial charge in [-0.05, 0) is 30.7 Å². The van der Waals surface area contributed by atoms with Crippen LogP contribution in [-0.4, -0.2) is 34.6 Å². The summed E-state index contributed by atoms with van der Waals surface area (Å²) in [4.78, 5) is 39.2. The van der Waals surface area contributed by atoms with Crippen LogP contribution in [0.25, 0.3) is 0 Å². The fraction of sp³-hybridized carbons (Fsp3) is 0.476. The van der Waals surface area contributed by atoms with Gasteiger partial charge < -0.3 is 15.4 Å². The van der Waals surface area contributed by atoms with Crippen molar-refractivity contribution >= 4 is 11.6 Å². The van der Waals surface area contributed by atoms with Crippen molar-refractivity contribution in [1.29, 1.82) is 0 Å². The molecule has 1 heterocycles. The molecular formula is C21H29N4O4+. The lowest BCUT2D eigenvalue weighted by Gasteiger charge is -2.20. The summed E-state index contributed by atoms with van der Waals surface area (Å²) >= 11 is 0. The smallest absolute Gasteiger partial charge is 0.332 e. The number of carbonyl (C=O) groups is 1. The Balaban J connectivity index is 1.87. The quantitative estimate of drug-likeness (QED) is 0.575. The highest BCUT2D eigenvalue weighted by molar-refractivity contribution is 6.00. The largest absolute Gasteiger partial charge is 0.497 e. The second kappa shape index (κ2) is 8.65. The maximum Gasteiger partial charge on any atom is 0.332 e. The standard InChI is InChI=1S/C21H28N4O4/c1-4-11-25-19(22)18(20(27)23(2)21(25)28)17(26)13-24(15-7-8-15)12-14-5-9-16(29-3)10-6-14/h5-6,9-10,15H,4,7-8,11-13,22H2,1-3H3/p+1. The van der Waals surface area contributed by atoms with E-state index >= 15 is 0 Å². The molecule has 1 unspecified atom stereocenters. The summed E-state index contributed by atoms with van der Waals surface area (Å²) in [6, 6.07) is 8.17. The fourth-order valence-corrected chi connectivity index (χ4v) is 3.63. The molecule has 0 radical (unpaired) electrons. The zero-order valence-electron chi connectivity index (χ0n) is 17.2. The number of carbonyl (C=O) groups excluding carboxylic acids is 1. The minimum absolute atomic E-state index is 0.0236. The Morgan fingerprint density at radius 3 is 2.45 bits per heavy atom. The number of hydrogen-bond acceptors (Lipinski definition) is 5. The van der Waals surface area contributed by atoms with E-state index in [1.54, 1.807) is 7.11 Å². The predicted octanol–water partition coefficient (Wildman–Crippen LogP) is -0.0220. The zero-order valence-corrected chi connectivity index (χ0v) is 17.2. The first kappa shape index (κ1) is 20.9. The number of aromatic nitrogens is 2. The number of methoxy groups -OCH3 is 1. The topological polar surface area (TPSA) is 101 Å². The van der Waals surface area contributed by atoms with Crippen LogP contribution in [0, 0.1) is 0 Å². The SMILES string of the molecule is CCCn1c(N)c(C(=O)C[NH+](Cc2ccc(OC)cc2)C2CC2)c(=O)n(C)c1=O. The highest BCUT2D eigenvalue weighted by Gasteiger charge is 2.36. The van der Waals surface area contributed by atoms with Crippen molar-refractivity contribution in [2.75, 3.05) is 19.4 Å². The molecule has 1 aliphatic carbocycles. The number of hydrogen-bond donors (Lipinski definition) is 2. The van der Waals surface area contributed by atoms with Crippen LogP contribution in [0.2, 0.25) is 0 Å². The van der Waals surface area contributed by atoms with Crippen LogP contribution in [-0.2, 0) is 20.1 Å². The molecule has 1 aromatic heterocycles. The van der Waals surface area contributed by atoms with E-state index in [1.165, 1.54) is 11.6 Å². The highest BCUT2D eigenvalue weighted by atomic mass is 16.5. The van der Waals surface area contributed by atoms with Gasteiger partial charge in [0.05, 0.1) is 13.2 Å². The average molecular weight is 401 g/mol. The Kier molecular flexibility index (Phi) is 6.22. The normalized spacial score (nSPS) is 14.6. The summed E-state index contributed by atoms with van der Waals surface area (Å²) in [5.41, 5.74) is 6.01. The second-order valence-corrected chi connectivity index (χ2v) is 7.62. The number of ether oxygens (including phenoxy) is 1. The van der Waals surface area contributed by atoms with Gasteiger partial charge in [0.15, 0.2) is 0 Å². The molecule has 0 amide bonds. The van der Waals surface area contributed by atoms with Gasteiger partial charge in [0.2, 0.25) is 5.78 Å². The summed E-state index contributed by atoms with van der Waals surface area (Å²) in [6.45, 7) is 3.12. The number of ketones is 1. The molecule has 156 valence electrons. The first-order chi connectivity index (χ1) is 13.9. The lowest BCUT2D eigenvalue weighted by Crippen LogP contribution is -3.13. The van der Waals surface area contributed by atoms with Crippen LogP contribution in [0.1, 0.15) is 42.1 Å². The van der Waals surface area contributed by atoms with E-state index in [-0.39, 0.29) is 23.7 Å². The molecule has 1 aromatic carbocycles. The van der Waals surface area contributed by atoms with E-state index in [9.17, 15) is 14.4 Å². The van der Waals surface area contributed by atoms with Crippen molar-refractivity contribution < 1.29 is 14.4 Å². The number of nitrogens with zero attached hydrogens (tertiary/aromatic N) is 2. The Labute approximate surface area is 169 Å². The molecule has 1 fully saturated rings. The fourth-order valence-electron chi connectivity index (χ4n) is 3.63. The summed E-state index contributed by atoms with van der Waals surface area (Å²) in [5.74, 6) is 0.445. The number of quaternary nitrogens is 1. The highest BCUT2D eigenvalue weighted by Crippen LogP contribution is 2.17. The monoisotopic (exact) mass is 401 g/mol. The lowest BCUT2D eigenvalue weighted by atomic mass is 10.1. The van der Waals surface area contributed by atoms with Crippen LogP contribution >= 0.6 is 0 Å². The van der Waals surface area contributed by atoms with Crippen molar-refractivity contribution in [2.24, 2.45) is 7.05 Å². The molecule has 0 bridgehead atoms. The Morgan fingerprint density at radius 2 is 1.90 bits per heavy atom. The van der Waals surface area contributed by atoms with Gasteiger partial charge in [-0.3, -0.25) is 18.7 Å². The molecule has 0 saturated heterocycles. The summed E-state index contributed by atoms with van der Waals surface area (Å²) in [7, 11) is 3.01. The molecular weight excluding hydrogens is 372 g/mol. The number of benzene rings is 1. The zero-order chi connectivity index (χ0) is 21.1. The Hall–Kier alpha value is -2.87. The summed E-state index contributed by atoms with van der Waals surface area (Å²) < 4.78 is 7.48. The van der Waals surface area contributed by atoms with Crippen LogP contribution < -0.4 is 26.6 Å². The minimum atomic E-state index is -0.621. The van der Waals surface area contributed by atoms with Crippen molar-refractivity contribution in [3.8, 4) is 5.75 Å². The summed E-state index contributed by atoms with van der Waals surface area (Å²) in [5, 5.41) is 0. The van der Waals surface area contributed by atoms with Crippen molar-refractivity contribution in [3.05, 3.63) is 56.2 Å². The Bertz CT molecular complexity index is 1000. The van der Waals surface area contributed by atoms with Crippen LogP contribution in [0.5, 0.6) is 5.75 Å². The van der Waals surface area contributed by atoms with Crippen molar-refractivity contribution in [1.82, 2.24) is 9.13 Å². The molecule has 2 aromatic rings. The molecule has 0 spiro atoms. The number of nitrogens with one attached hydrogen (secondary N) is 1. The maximum atomic E-state index is 13.1.